The predicted octanol–water partition coefficient (Wildman–Crippen LogP) is 5.87. The number of ether oxygens (including phenoxy) is 1. The van der Waals surface area contributed by atoms with Crippen LogP contribution < -0.4 is 4.74 Å². The summed E-state index contributed by atoms with van der Waals surface area (Å²) in [5.41, 5.74) is 3.90. The van der Waals surface area contributed by atoms with Gasteiger partial charge in [-0.15, -0.1) is 0 Å². The van der Waals surface area contributed by atoms with Crippen LogP contribution >= 0.6 is 0 Å². The van der Waals surface area contributed by atoms with E-state index in [-0.39, 0.29) is 28.2 Å². The maximum absolute atomic E-state index is 12.0. The van der Waals surface area contributed by atoms with Gasteiger partial charge in [0.05, 0.1) is 0 Å². The van der Waals surface area contributed by atoms with E-state index in [2.05, 4.69) is 20.8 Å². The minimum Gasteiger partial charge on any atom is -0.508 e. The number of hydrogen-bond acceptors (Lipinski definition) is 4. The van der Waals surface area contributed by atoms with E-state index in [1.807, 2.05) is 0 Å². The Hall–Kier alpha value is -3.21. The SMILES string of the molecule is CC1=C(COc2cc(O)cc(/C=C/c3ccc(O)cc3)c2C(=O)O)CCC(C)(C)C1. The van der Waals surface area contributed by atoms with Crippen LogP contribution in [0.15, 0.2) is 47.5 Å². The van der Waals surface area contributed by atoms with Gasteiger partial charge in [0, 0.05) is 6.07 Å². The Morgan fingerprint density at radius 2 is 1.80 bits per heavy atom. The average Bonchev–Trinajstić information content (AvgIpc) is 2.65. The Morgan fingerprint density at radius 1 is 1.10 bits per heavy atom. The van der Waals surface area contributed by atoms with Crippen molar-refractivity contribution in [3.8, 4) is 17.2 Å². The second-order valence-corrected chi connectivity index (χ2v) is 8.65. The first-order chi connectivity index (χ1) is 14.1. The zero-order valence-corrected chi connectivity index (χ0v) is 17.6. The molecule has 0 atom stereocenters. The number of carboxylic acids is 1. The molecule has 5 heteroatoms. The van der Waals surface area contributed by atoms with Crippen LogP contribution in [0.4, 0.5) is 0 Å². The van der Waals surface area contributed by atoms with E-state index in [1.165, 1.54) is 23.3 Å². The molecule has 3 N–H and O–H groups in total. The lowest BCUT2D eigenvalue weighted by Crippen LogP contribution is -2.20. The molecule has 0 aliphatic heterocycles. The van der Waals surface area contributed by atoms with E-state index in [0.717, 1.165) is 24.8 Å². The fourth-order valence-corrected chi connectivity index (χ4v) is 3.86. The second-order valence-electron chi connectivity index (χ2n) is 8.65. The van der Waals surface area contributed by atoms with Crippen LogP contribution in [-0.4, -0.2) is 27.9 Å². The normalized spacial score (nSPS) is 16.1. The molecule has 30 heavy (non-hydrogen) atoms. The predicted molar refractivity (Wildman–Crippen MR) is 118 cm³/mol. The summed E-state index contributed by atoms with van der Waals surface area (Å²) in [5, 5.41) is 29.3. The highest BCUT2D eigenvalue weighted by Gasteiger charge is 2.26. The fourth-order valence-electron chi connectivity index (χ4n) is 3.86. The molecule has 2 aromatic rings. The smallest absolute Gasteiger partial charge is 0.340 e. The molecule has 0 bridgehead atoms. The molecule has 0 unspecified atom stereocenters. The molecule has 1 aliphatic carbocycles. The van der Waals surface area contributed by atoms with Gasteiger partial charge in [0.2, 0.25) is 0 Å². The number of phenolic OH excluding ortho intramolecular Hbond substituents is 2. The summed E-state index contributed by atoms with van der Waals surface area (Å²) < 4.78 is 5.90. The van der Waals surface area contributed by atoms with Crippen molar-refractivity contribution in [2.75, 3.05) is 6.61 Å². The Kier molecular flexibility index (Phi) is 6.20. The molecule has 1 aliphatic rings. The topological polar surface area (TPSA) is 87.0 Å². The fraction of sp³-hybridized carbons (Fsp3) is 0.320. The van der Waals surface area contributed by atoms with Gasteiger partial charge in [-0.1, -0.05) is 43.7 Å². The number of benzene rings is 2. The quantitative estimate of drug-likeness (QED) is 0.411. The average molecular weight is 408 g/mol. The molecule has 3 rings (SSSR count). The lowest BCUT2D eigenvalue weighted by Gasteiger charge is -2.32. The summed E-state index contributed by atoms with van der Waals surface area (Å²) in [6.45, 7) is 6.91. The van der Waals surface area contributed by atoms with Gasteiger partial charge in [-0.3, -0.25) is 0 Å². The number of phenols is 2. The van der Waals surface area contributed by atoms with E-state index in [0.29, 0.717) is 12.2 Å². The van der Waals surface area contributed by atoms with Crippen LogP contribution in [0.1, 0.15) is 61.5 Å². The monoisotopic (exact) mass is 408 g/mol. The summed E-state index contributed by atoms with van der Waals surface area (Å²) >= 11 is 0. The number of carbonyl (C=O) groups is 1. The highest BCUT2D eigenvalue weighted by Crippen LogP contribution is 2.39. The molecule has 0 spiro atoms. The van der Waals surface area contributed by atoms with Crippen molar-refractivity contribution in [2.24, 2.45) is 5.41 Å². The van der Waals surface area contributed by atoms with Gasteiger partial charge in [0.25, 0.3) is 0 Å². The molecule has 0 saturated carbocycles. The van der Waals surface area contributed by atoms with Crippen LogP contribution in [-0.2, 0) is 0 Å². The van der Waals surface area contributed by atoms with Crippen molar-refractivity contribution < 1.29 is 24.9 Å². The van der Waals surface area contributed by atoms with Crippen molar-refractivity contribution >= 4 is 18.1 Å². The van der Waals surface area contributed by atoms with E-state index >= 15 is 0 Å². The Morgan fingerprint density at radius 3 is 2.43 bits per heavy atom. The number of rotatable bonds is 6. The molecule has 0 saturated heterocycles. The third-order valence-corrected chi connectivity index (χ3v) is 5.53. The molecule has 0 radical (unpaired) electrons. The number of carboxylic acid groups (broad SMARTS) is 1. The van der Waals surface area contributed by atoms with Gasteiger partial charge in [0.1, 0.15) is 29.4 Å². The molecule has 158 valence electrons. The summed E-state index contributed by atoms with van der Waals surface area (Å²) in [4.78, 5) is 12.0. The molecule has 0 heterocycles. The standard InChI is InChI=1S/C25H28O5/c1-16-14-25(2,3)11-10-19(16)15-30-22-13-21(27)12-18(23(22)24(28)29)7-4-17-5-8-20(26)9-6-17/h4-9,12-13,26-27H,10-11,14-15H2,1-3H3,(H,28,29)/b7-4+. The lowest BCUT2D eigenvalue weighted by molar-refractivity contribution is 0.0692. The molecule has 0 aromatic heterocycles. The maximum atomic E-state index is 12.0. The van der Waals surface area contributed by atoms with Crippen molar-refractivity contribution in [1.82, 2.24) is 0 Å². The van der Waals surface area contributed by atoms with Gasteiger partial charge in [-0.2, -0.15) is 0 Å². The van der Waals surface area contributed by atoms with E-state index in [4.69, 9.17) is 4.74 Å². The molecule has 0 fully saturated rings. The first-order valence-electron chi connectivity index (χ1n) is 10.0. The minimum absolute atomic E-state index is 0.0113. The third-order valence-electron chi connectivity index (χ3n) is 5.53. The van der Waals surface area contributed by atoms with Crippen LogP contribution in [0, 0.1) is 5.41 Å². The number of allylic oxidation sites excluding steroid dienone is 1. The Labute approximate surface area is 177 Å². The molecule has 5 nitrogen and oxygen atoms in total. The molecular weight excluding hydrogens is 380 g/mol. The van der Waals surface area contributed by atoms with E-state index < -0.39 is 5.97 Å². The highest BCUT2D eigenvalue weighted by molar-refractivity contribution is 5.97. The van der Waals surface area contributed by atoms with Crippen molar-refractivity contribution in [3.63, 3.8) is 0 Å². The Bertz CT molecular complexity index is 997. The summed E-state index contributed by atoms with van der Waals surface area (Å²) in [6.07, 6.45) is 6.33. The van der Waals surface area contributed by atoms with E-state index in [1.54, 1.807) is 36.4 Å². The zero-order valence-electron chi connectivity index (χ0n) is 17.6. The van der Waals surface area contributed by atoms with Crippen LogP contribution in [0.25, 0.3) is 12.2 Å². The number of aromatic hydroxyl groups is 2. The zero-order chi connectivity index (χ0) is 21.9. The maximum Gasteiger partial charge on any atom is 0.340 e. The second kappa shape index (κ2) is 8.66. The van der Waals surface area contributed by atoms with Crippen molar-refractivity contribution in [2.45, 2.75) is 40.0 Å². The molecule has 0 amide bonds. The summed E-state index contributed by atoms with van der Waals surface area (Å²) in [7, 11) is 0. The minimum atomic E-state index is -1.12. The van der Waals surface area contributed by atoms with Gasteiger partial charge < -0.3 is 20.1 Å². The highest BCUT2D eigenvalue weighted by atomic mass is 16.5. The number of aromatic carboxylic acids is 1. The van der Waals surface area contributed by atoms with Crippen LogP contribution in [0.3, 0.4) is 0 Å². The van der Waals surface area contributed by atoms with Crippen molar-refractivity contribution in [3.05, 3.63) is 64.2 Å². The van der Waals surface area contributed by atoms with Crippen LogP contribution in [0.2, 0.25) is 0 Å². The largest absolute Gasteiger partial charge is 0.508 e. The summed E-state index contributed by atoms with van der Waals surface area (Å²) in [5.74, 6) is -0.873. The molecule has 2 aromatic carbocycles. The van der Waals surface area contributed by atoms with Gasteiger partial charge in [0.15, 0.2) is 0 Å². The van der Waals surface area contributed by atoms with Gasteiger partial charge in [-0.25, -0.2) is 4.79 Å². The lowest BCUT2D eigenvalue weighted by atomic mass is 9.75. The van der Waals surface area contributed by atoms with Gasteiger partial charge >= 0.3 is 5.97 Å². The van der Waals surface area contributed by atoms with Crippen molar-refractivity contribution in [1.29, 1.82) is 0 Å². The third kappa shape index (κ3) is 5.23. The van der Waals surface area contributed by atoms with Gasteiger partial charge in [-0.05, 0) is 66.5 Å². The summed E-state index contributed by atoms with van der Waals surface area (Å²) in [6, 6.07) is 9.29. The van der Waals surface area contributed by atoms with E-state index in [9.17, 15) is 20.1 Å². The number of hydrogen-bond donors (Lipinski definition) is 3. The first-order valence-corrected chi connectivity index (χ1v) is 10.0. The molecular formula is C25H28O5. The van der Waals surface area contributed by atoms with Crippen LogP contribution in [0.5, 0.6) is 17.2 Å². The Balaban J connectivity index is 1.88. The first kappa shape index (κ1) is 21.5.